The number of aromatic nitrogens is 1. The number of nitrogens with zero attached hydrogens (tertiary/aromatic N) is 2. The van der Waals surface area contributed by atoms with Gasteiger partial charge in [0, 0.05) is 19.6 Å². The molecule has 0 radical (unpaired) electrons. The summed E-state index contributed by atoms with van der Waals surface area (Å²) in [5, 5.41) is 2.91. The predicted octanol–water partition coefficient (Wildman–Crippen LogP) is 1.90. The van der Waals surface area contributed by atoms with Gasteiger partial charge in [-0.25, -0.2) is 4.98 Å². The number of pyridine rings is 1. The number of anilines is 1. The minimum Gasteiger partial charge on any atom is -0.497 e. The van der Waals surface area contributed by atoms with E-state index in [4.69, 9.17) is 9.47 Å². The fraction of sp³-hybridized carbons (Fsp3) is 0.368. The van der Waals surface area contributed by atoms with Crippen molar-refractivity contribution in [1.82, 2.24) is 10.3 Å². The van der Waals surface area contributed by atoms with Crippen molar-refractivity contribution in [3.63, 3.8) is 0 Å². The zero-order valence-electron chi connectivity index (χ0n) is 14.4. The van der Waals surface area contributed by atoms with Crippen LogP contribution in [0.25, 0.3) is 0 Å². The summed E-state index contributed by atoms with van der Waals surface area (Å²) in [6.07, 6.45) is 2.50. The number of carbonyl (C=O) groups is 1. The molecule has 0 saturated carbocycles. The first-order chi connectivity index (χ1) is 12.3. The smallest absolute Gasteiger partial charge is 0.269 e. The number of hydrogen-bond donors (Lipinski definition) is 1. The molecule has 1 amide bonds. The molecular weight excluding hydrogens is 318 g/mol. The van der Waals surface area contributed by atoms with Crippen LogP contribution in [0.15, 0.2) is 42.6 Å². The van der Waals surface area contributed by atoms with Gasteiger partial charge in [0.1, 0.15) is 11.4 Å². The molecule has 2 heterocycles. The van der Waals surface area contributed by atoms with Gasteiger partial charge in [0.15, 0.2) is 0 Å². The fourth-order valence-electron chi connectivity index (χ4n) is 2.77. The van der Waals surface area contributed by atoms with E-state index in [1.165, 1.54) is 0 Å². The lowest BCUT2D eigenvalue weighted by atomic mass is 10.1. The van der Waals surface area contributed by atoms with Crippen molar-refractivity contribution in [2.24, 2.45) is 0 Å². The Labute approximate surface area is 147 Å². The summed E-state index contributed by atoms with van der Waals surface area (Å²) in [4.78, 5) is 18.7. The minimum atomic E-state index is -0.156. The molecule has 6 heteroatoms. The summed E-state index contributed by atoms with van der Waals surface area (Å²) in [7, 11) is 1.65. The molecule has 0 atom stereocenters. The van der Waals surface area contributed by atoms with E-state index in [0.29, 0.717) is 12.2 Å². The Hall–Kier alpha value is -2.60. The van der Waals surface area contributed by atoms with Gasteiger partial charge < -0.3 is 19.7 Å². The number of carbonyl (C=O) groups excluding carboxylic acids is 1. The number of amides is 1. The van der Waals surface area contributed by atoms with Crippen LogP contribution in [0.4, 0.5) is 5.69 Å². The molecule has 1 aromatic heterocycles. The zero-order chi connectivity index (χ0) is 17.5. The van der Waals surface area contributed by atoms with Crippen LogP contribution in [0, 0.1) is 0 Å². The Morgan fingerprint density at radius 2 is 2.12 bits per heavy atom. The standard InChI is InChI=1S/C19H23N3O3/c1-24-17-4-2-3-15(13-17)7-8-20-19(23)18-6-5-16(14-21-18)22-9-11-25-12-10-22/h2-6,13-14H,7-12H2,1H3,(H,20,23). The van der Waals surface area contributed by atoms with Crippen molar-refractivity contribution in [2.45, 2.75) is 6.42 Å². The molecule has 0 unspecified atom stereocenters. The second-order valence-electron chi connectivity index (χ2n) is 5.86. The topological polar surface area (TPSA) is 63.7 Å². The Kier molecular flexibility index (Phi) is 5.85. The van der Waals surface area contributed by atoms with Gasteiger partial charge >= 0.3 is 0 Å². The number of hydrogen-bond acceptors (Lipinski definition) is 5. The predicted molar refractivity (Wildman–Crippen MR) is 96.3 cm³/mol. The first kappa shape index (κ1) is 17.2. The highest BCUT2D eigenvalue weighted by Gasteiger charge is 2.13. The van der Waals surface area contributed by atoms with Crippen LogP contribution in [0.2, 0.25) is 0 Å². The number of benzene rings is 1. The quantitative estimate of drug-likeness (QED) is 0.869. The van der Waals surface area contributed by atoms with E-state index < -0.39 is 0 Å². The summed E-state index contributed by atoms with van der Waals surface area (Å²) >= 11 is 0. The van der Waals surface area contributed by atoms with Gasteiger partial charge in [-0.05, 0) is 36.2 Å². The van der Waals surface area contributed by atoms with Crippen LogP contribution in [-0.4, -0.2) is 50.8 Å². The Morgan fingerprint density at radius 3 is 2.84 bits per heavy atom. The summed E-state index contributed by atoms with van der Waals surface area (Å²) in [6.45, 7) is 3.72. The summed E-state index contributed by atoms with van der Waals surface area (Å²) in [6, 6.07) is 11.6. The highest BCUT2D eigenvalue weighted by molar-refractivity contribution is 5.92. The van der Waals surface area contributed by atoms with E-state index in [1.807, 2.05) is 30.3 Å². The van der Waals surface area contributed by atoms with Gasteiger partial charge in [0.2, 0.25) is 0 Å². The lowest BCUT2D eigenvalue weighted by molar-refractivity contribution is 0.0949. The number of morpholine rings is 1. The van der Waals surface area contributed by atoms with E-state index in [2.05, 4.69) is 15.2 Å². The summed E-state index contributed by atoms with van der Waals surface area (Å²) in [5.41, 5.74) is 2.58. The van der Waals surface area contributed by atoms with Gasteiger partial charge in [-0.15, -0.1) is 0 Å². The number of methoxy groups -OCH3 is 1. The SMILES string of the molecule is COc1cccc(CCNC(=O)c2ccc(N3CCOCC3)cn2)c1. The molecule has 1 aromatic carbocycles. The average molecular weight is 341 g/mol. The maximum Gasteiger partial charge on any atom is 0.269 e. The number of nitrogens with one attached hydrogen (secondary N) is 1. The molecule has 25 heavy (non-hydrogen) atoms. The molecule has 1 N–H and O–H groups in total. The summed E-state index contributed by atoms with van der Waals surface area (Å²) < 4.78 is 10.5. The van der Waals surface area contributed by atoms with Gasteiger partial charge in [0.05, 0.1) is 32.2 Å². The third-order valence-electron chi connectivity index (χ3n) is 4.19. The van der Waals surface area contributed by atoms with Crippen LogP contribution < -0.4 is 15.0 Å². The van der Waals surface area contributed by atoms with Gasteiger partial charge in [-0.3, -0.25) is 4.79 Å². The van der Waals surface area contributed by atoms with E-state index in [9.17, 15) is 4.79 Å². The molecule has 1 aliphatic rings. The van der Waals surface area contributed by atoms with E-state index >= 15 is 0 Å². The maximum absolute atomic E-state index is 12.2. The molecule has 1 fully saturated rings. The third kappa shape index (κ3) is 4.70. The number of ether oxygens (including phenoxy) is 2. The second-order valence-corrected chi connectivity index (χ2v) is 5.86. The van der Waals surface area contributed by atoms with Gasteiger partial charge in [-0.1, -0.05) is 12.1 Å². The molecule has 0 aliphatic carbocycles. The molecule has 0 bridgehead atoms. The van der Waals surface area contributed by atoms with Gasteiger partial charge in [0.25, 0.3) is 5.91 Å². The van der Waals surface area contributed by atoms with Crippen molar-refractivity contribution < 1.29 is 14.3 Å². The van der Waals surface area contributed by atoms with Crippen molar-refractivity contribution in [2.75, 3.05) is 44.9 Å². The van der Waals surface area contributed by atoms with Crippen LogP contribution in [0.5, 0.6) is 5.75 Å². The average Bonchev–Trinajstić information content (AvgIpc) is 2.69. The Bertz CT molecular complexity index is 697. The molecule has 1 aliphatic heterocycles. The highest BCUT2D eigenvalue weighted by Crippen LogP contribution is 2.15. The van der Waals surface area contributed by atoms with Gasteiger partial charge in [-0.2, -0.15) is 0 Å². The zero-order valence-corrected chi connectivity index (χ0v) is 14.4. The molecular formula is C19H23N3O3. The molecule has 2 aromatic rings. The monoisotopic (exact) mass is 341 g/mol. The lowest BCUT2D eigenvalue weighted by Gasteiger charge is -2.28. The van der Waals surface area contributed by atoms with Crippen LogP contribution in [0.1, 0.15) is 16.1 Å². The lowest BCUT2D eigenvalue weighted by Crippen LogP contribution is -2.36. The van der Waals surface area contributed by atoms with Crippen molar-refractivity contribution in [1.29, 1.82) is 0 Å². The Morgan fingerprint density at radius 1 is 1.28 bits per heavy atom. The maximum atomic E-state index is 12.2. The molecule has 6 nitrogen and oxygen atoms in total. The third-order valence-corrected chi connectivity index (χ3v) is 4.19. The molecule has 132 valence electrons. The molecule has 3 rings (SSSR count). The van der Waals surface area contributed by atoms with Crippen LogP contribution >= 0.6 is 0 Å². The van der Waals surface area contributed by atoms with E-state index in [0.717, 1.165) is 49.7 Å². The Balaban J connectivity index is 1.50. The number of rotatable bonds is 6. The molecule has 0 spiro atoms. The normalized spacial score (nSPS) is 14.2. The first-order valence-corrected chi connectivity index (χ1v) is 8.46. The van der Waals surface area contributed by atoms with Crippen molar-refractivity contribution in [3.8, 4) is 5.75 Å². The largest absolute Gasteiger partial charge is 0.497 e. The first-order valence-electron chi connectivity index (χ1n) is 8.46. The highest BCUT2D eigenvalue weighted by atomic mass is 16.5. The fourth-order valence-corrected chi connectivity index (χ4v) is 2.77. The second kappa shape index (κ2) is 8.48. The summed E-state index contributed by atoms with van der Waals surface area (Å²) in [5.74, 6) is 0.667. The van der Waals surface area contributed by atoms with E-state index in [-0.39, 0.29) is 5.91 Å². The minimum absolute atomic E-state index is 0.156. The van der Waals surface area contributed by atoms with E-state index in [1.54, 1.807) is 19.4 Å². The van der Waals surface area contributed by atoms with Crippen LogP contribution in [-0.2, 0) is 11.2 Å². The van der Waals surface area contributed by atoms with Crippen molar-refractivity contribution in [3.05, 3.63) is 53.9 Å². The molecule has 1 saturated heterocycles. The van der Waals surface area contributed by atoms with Crippen LogP contribution in [0.3, 0.4) is 0 Å². The van der Waals surface area contributed by atoms with Crippen molar-refractivity contribution >= 4 is 11.6 Å².